The summed E-state index contributed by atoms with van der Waals surface area (Å²) in [6.45, 7) is 8.59. The molecule has 0 amide bonds. The molecule has 3 rings (SSSR count). The van der Waals surface area contributed by atoms with E-state index in [0.29, 0.717) is 0 Å². The predicted octanol–water partition coefficient (Wildman–Crippen LogP) is 4.57. The summed E-state index contributed by atoms with van der Waals surface area (Å²) < 4.78 is 21.8. The quantitative estimate of drug-likeness (QED) is 0.356. The molecule has 164 valence electrons. The van der Waals surface area contributed by atoms with E-state index in [-0.39, 0.29) is 0 Å². The summed E-state index contributed by atoms with van der Waals surface area (Å²) in [5.41, 5.74) is 0. The molecule has 3 aromatic carbocycles. The summed E-state index contributed by atoms with van der Waals surface area (Å²) in [6.07, 6.45) is 3.00. The van der Waals surface area contributed by atoms with Gasteiger partial charge in [0.2, 0.25) is 0 Å². The second-order valence-corrected chi connectivity index (χ2v) is 12.0. The van der Waals surface area contributed by atoms with Crippen molar-refractivity contribution in [2.45, 2.75) is 40.0 Å². The van der Waals surface area contributed by atoms with Gasteiger partial charge in [0.25, 0.3) is 0 Å². The summed E-state index contributed by atoms with van der Waals surface area (Å²) in [6, 6.07) is 25.8. The van der Waals surface area contributed by atoms with Crippen LogP contribution in [0.2, 0.25) is 0 Å². The van der Waals surface area contributed by atoms with E-state index in [9.17, 15) is 0 Å². The Labute approximate surface area is 191 Å². The Bertz CT molecular complexity index is 819. The average Bonchev–Trinajstić information content (AvgIpc) is 2.81. The second kappa shape index (κ2) is 12.5. The van der Waals surface area contributed by atoms with Crippen LogP contribution in [0.3, 0.4) is 0 Å². The molecule has 0 aliphatic heterocycles. The topological polar surface area (TPSA) is 27.7 Å². The third-order valence-electron chi connectivity index (χ3n) is 4.65. The zero-order valence-corrected chi connectivity index (χ0v) is 20.7. The van der Waals surface area contributed by atoms with Gasteiger partial charge in [-0.25, -0.2) is 0 Å². The fraction of sp³-hybridized carbons (Fsp3) is 0.333. The first-order valence-electron chi connectivity index (χ1n) is 11.2. The molecule has 0 saturated heterocycles. The molecular weight excluding hydrogens is 447 g/mol. The minimum atomic E-state index is -1.82. The fourth-order valence-electron chi connectivity index (χ4n) is 3.24. The Morgan fingerprint density at radius 2 is 0.839 bits per heavy atom. The maximum absolute atomic E-state index is 5.95. The van der Waals surface area contributed by atoms with Crippen molar-refractivity contribution in [2.24, 2.45) is 0 Å². The van der Waals surface area contributed by atoms with Crippen LogP contribution in [0.25, 0.3) is 0 Å². The van der Waals surface area contributed by atoms with Gasteiger partial charge in [-0.15, -0.1) is 0 Å². The van der Waals surface area contributed by atoms with Crippen molar-refractivity contribution in [1.29, 1.82) is 0 Å². The van der Waals surface area contributed by atoms with Gasteiger partial charge < -0.3 is 0 Å². The van der Waals surface area contributed by atoms with E-state index < -0.39 is 14.7 Å². The molecule has 0 saturated carbocycles. The first-order chi connectivity index (χ1) is 15.2. The molecule has 3 aromatic rings. The predicted molar refractivity (Wildman–Crippen MR) is 131 cm³/mol. The van der Waals surface area contributed by atoms with Crippen molar-refractivity contribution >= 4 is 27.7 Å². The van der Waals surface area contributed by atoms with E-state index in [4.69, 9.17) is 14.2 Å². The van der Waals surface area contributed by atoms with Crippen LogP contribution in [-0.4, -0.2) is 34.5 Å². The Kier molecular flexibility index (Phi) is 9.36. The molecule has 0 N–H and O–H groups in total. The third-order valence-corrected chi connectivity index (χ3v) is 9.65. The normalized spacial score (nSPS) is 10.8. The number of hydrogen-bond acceptors (Lipinski definition) is 3. The van der Waals surface area contributed by atoms with Gasteiger partial charge >= 0.3 is 192 Å². The van der Waals surface area contributed by atoms with E-state index in [1.807, 2.05) is 18.2 Å². The molecule has 0 aliphatic carbocycles. The van der Waals surface area contributed by atoms with E-state index >= 15 is 0 Å². The van der Waals surface area contributed by atoms with Crippen LogP contribution >= 0.6 is 0 Å². The molecule has 31 heavy (non-hydrogen) atoms. The molecule has 0 aliphatic rings. The number of hydrogen-bond donors (Lipinski definition) is 0. The number of rotatable bonds is 12. The Hall–Kier alpha value is -2.38. The van der Waals surface area contributed by atoms with Crippen LogP contribution in [0.4, 0.5) is 0 Å². The summed E-state index contributed by atoms with van der Waals surface area (Å²) in [5.74, 6) is 2.82. The van der Waals surface area contributed by atoms with Crippen molar-refractivity contribution in [3.05, 3.63) is 72.8 Å². The summed E-state index contributed by atoms with van der Waals surface area (Å²) in [7, 11) is 0. The first kappa shape index (κ1) is 23.3. The maximum atomic E-state index is 5.95. The van der Waals surface area contributed by atoms with E-state index in [0.717, 1.165) is 56.3 Å². The van der Waals surface area contributed by atoms with Gasteiger partial charge in [0.05, 0.1) is 0 Å². The van der Waals surface area contributed by atoms with Gasteiger partial charge in [0, 0.05) is 0 Å². The molecule has 0 fully saturated rings. The Morgan fingerprint density at radius 3 is 1.13 bits per heavy atom. The van der Waals surface area contributed by atoms with E-state index in [1.54, 1.807) is 0 Å². The van der Waals surface area contributed by atoms with Crippen molar-refractivity contribution in [1.82, 2.24) is 0 Å². The van der Waals surface area contributed by atoms with Crippen molar-refractivity contribution in [2.75, 3.05) is 19.8 Å². The third kappa shape index (κ3) is 6.80. The molecule has 3 nitrogen and oxygen atoms in total. The molecule has 0 atom stereocenters. The summed E-state index contributed by atoms with van der Waals surface area (Å²) in [4.78, 5) is 0. The van der Waals surface area contributed by atoms with Gasteiger partial charge in [-0.1, -0.05) is 0 Å². The van der Waals surface area contributed by atoms with Crippen LogP contribution < -0.4 is 27.3 Å². The number of ether oxygens (including phenoxy) is 3. The molecule has 0 heterocycles. The van der Waals surface area contributed by atoms with Gasteiger partial charge in [0.15, 0.2) is 0 Å². The number of benzene rings is 3. The van der Waals surface area contributed by atoms with Crippen molar-refractivity contribution < 1.29 is 14.2 Å². The zero-order chi connectivity index (χ0) is 21.9. The van der Waals surface area contributed by atoms with E-state index in [2.05, 4.69) is 75.4 Å². The van der Waals surface area contributed by atoms with Crippen LogP contribution in [0.5, 0.6) is 17.2 Å². The molecule has 0 bridgehead atoms. The van der Waals surface area contributed by atoms with Crippen LogP contribution in [0.15, 0.2) is 72.8 Å². The van der Waals surface area contributed by atoms with Gasteiger partial charge in [-0.3, -0.25) is 0 Å². The zero-order valence-electron chi connectivity index (χ0n) is 18.8. The van der Waals surface area contributed by atoms with Crippen molar-refractivity contribution in [3.63, 3.8) is 0 Å². The van der Waals surface area contributed by atoms with Crippen LogP contribution in [0.1, 0.15) is 40.0 Å². The monoisotopic (exact) mass is 480 g/mol. The molecule has 4 heteroatoms. The van der Waals surface area contributed by atoms with Gasteiger partial charge in [-0.05, 0) is 0 Å². The van der Waals surface area contributed by atoms with E-state index in [1.165, 1.54) is 13.1 Å². The Balaban J connectivity index is 2.03. The average molecular weight is 480 g/mol. The molecular formula is C27H33AsO3. The SMILES string of the molecule is CCCOc1cccc([As](c2cccc(OCCC)c2)c2cccc(OCCC)c2)c1. The molecule has 0 unspecified atom stereocenters. The molecule has 0 aromatic heterocycles. The van der Waals surface area contributed by atoms with Gasteiger partial charge in [0.1, 0.15) is 0 Å². The summed E-state index contributed by atoms with van der Waals surface area (Å²) in [5, 5.41) is 0. The second-order valence-electron chi connectivity index (χ2n) is 7.37. The standard InChI is InChI=1S/C27H33AsO3/c1-4-16-29-25-13-7-10-22(19-25)28(23-11-8-14-26(20-23)30-17-5-2)24-12-9-15-27(21-24)31-18-6-3/h7-15,19-21H,4-6,16-18H2,1-3H3. The minimum absolute atomic E-state index is 0.733. The van der Waals surface area contributed by atoms with Crippen molar-refractivity contribution in [3.8, 4) is 17.2 Å². The van der Waals surface area contributed by atoms with Crippen LogP contribution in [-0.2, 0) is 0 Å². The van der Waals surface area contributed by atoms with Gasteiger partial charge in [-0.2, -0.15) is 0 Å². The van der Waals surface area contributed by atoms with Crippen LogP contribution in [0, 0.1) is 0 Å². The molecule has 0 spiro atoms. The summed E-state index contributed by atoms with van der Waals surface area (Å²) >= 11 is -1.82. The Morgan fingerprint density at radius 1 is 0.516 bits per heavy atom. The fourth-order valence-corrected chi connectivity index (χ4v) is 8.21. The first-order valence-corrected chi connectivity index (χ1v) is 14.0. The molecule has 0 radical (unpaired) electrons.